The van der Waals surface area contributed by atoms with E-state index >= 15 is 0 Å². The number of allylic oxidation sites excluding steroid dienone is 14. The molecule has 0 aliphatic rings. The zero-order chi connectivity index (χ0) is 55.6. The first-order valence-corrected chi connectivity index (χ1v) is 32.8. The number of rotatable bonds is 57. The molecule has 0 saturated carbocycles. The molecule has 2 unspecified atom stereocenters. The van der Waals surface area contributed by atoms with E-state index in [1.807, 2.05) is 21.1 Å². The Bertz CT molecular complexity index is 1560. The minimum atomic E-state index is -4.39. The van der Waals surface area contributed by atoms with E-state index in [9.17, 15) is 19.0 Å². The maximum Gasteiger partial charge on any atom is 0.472 e. The standard InChI is InChI=1S/C66H118NO8P/c1-6-8-10-12-14-16-18-20-22-24-26-28-30-31-32-33-34-35-37-38-40-42-44-46-48-50-52-54-56-58-65(68)72-62-64(63-74-76(70,71)73-61-60-67(3,4)5)75-66(69)59-57-55-53-51-49-47-45-43-41-39-36-29-27-25-23-21-19-17-15-13-11-9-7-2/h9,11,15,17-18,20-21,23-24,26-27,29-31,64H,6-8,10,12-14,16,19,22,25,28,32-63H2,1-5H3/p+1/b11-9-,17-15-,20-18-,23-21-,26-24-,29-27-,31-30-. The molecule has 0 radical (unpaired) electrons. The Labute approximate surface area is 469 Å². The van der Waals surface area contributed by atoms with Gasteiger partial charge in [-0.15, -0.1) is 0 Å². The van der Waals surface area contributed by atoms with Crippen molar-refractivity contribution in [2.24, 2.45) is 0 Å². The first-order chi connectivity index (χ1) is 37.0. The minimum Gasteiger partial charge on any atom is -0.462 e. The summed E-state index contributed by atoms with van der Waals surface area (Å²) in [5, 5.41) is 0. The van der Waals surface area contributed by atoms with Crippen LogP contribution in [0, 0.1) is 0 Å². The highest BCUT2D eigenvalue weighted by Crippen LogP contribution is 2.43. The molecule has 0 bridgehead atoms. The number of carbonyl (C=O) groups is 2. The van der Waals surface area contributed by atoms with Crippen LogP contribution in [0.5, 0.6) is 0 Å². The Kier molecular flexibility index (Phi) is 54.8. The van der Waals surface area contributed by atoms with E-state index in [1.165, 1.54) is 154 Å². The molecular formula is C66H119NO8P+. The molecule has 0 aromatic heterocycles. The fourth-order valence-electron chi connectivity index (χ4n) is 8.60. The lowest BCUT2D eigenvalue weighted by atomic mass is 10.0. The van der Waals surface area contributed by atoms with Crippen LogP contribution in [0.3, 0.4) is 0 Å². The highest BCUT2D eigenvalue weighted by molar-refractivity contribution is 7.47. The largest absolute Gasteiger partial charge is 0.472 e. The van der Waals surface area contributed by atoms with Gasteiger partial charge in [0.15, 0.2) is 6.10 Å². The molecule has 0 heterocycles. The Balaban J connectivity index is 4.12. The van der Waals surface area contributed by atoms with Crippen LogP contribution >= 0.6 is 7.82 Å². The molecule has 0 aliphatic carbocycles. The van der Waals surface area contributed by atoms with Crippen LogP contribution in [0.25, 0.3) is 0 Å². The predicted octanol–water partition coefficient (Wildman–Crippen LogP) is 19.8. The SMILES string of the molecule is CC/C=C\C/C=C\C/C=C\C/C=C\CCCCCCCCCCCCC(=O)OC(COC(=O)CCCCCCCCCCCCCCCC/C=C\C/C=C\C/C=C\CCCCCCC)COP(=O)(O)OCC[N+](C)(C)C. The van der Waals surface area contributed by atoms with Crippen LogP contribution in [0.1, 0.15) is 271 Å². The summed E-state index contributed by atoms with van der Waals surface area (Å²) in [5.74, 6) is -0.799. The summed E-state index contributed by atoms with van der Waals surface area (Å²) in [7, 11) is 1.47. The van der Waals surface area contributed by atoms with Crippen molar-refractivity contribution in [1.29, 1.82) is 0 Å². The van der Waals surface area contributed by atoms with Gasteiger partial charge >= 0.3 is 19.8 Å². The highest BCUT2D eigenvalue weighted by atomic mass is 31.2. The second kappa shape index (κ2) is 56.9. The van der Waals surface area contributed by atoms with Gasteiger partial charge in [-0.1, -0.05) is 253 Å². The number of likely N-dealkylation sites (N-methyl/N-ethyl adjacent to an activating group) is 1. The van der Waals surface area contributed by atoms with Crippen molar-refractivity contribution in [3.05, 3.63) is 85.1 Å². The molecule has 0 rings (SSSR count). The van der Waals surface area contributed by atoms with E-state index in [2.05, 4.69) is 98.9 Å². The number of phosphoric ester groups is 1. The molecular weight excluding hydrogens is 966 g/mol. The third kappa shape index (κ3) is 60.4. The molecule has 0 aliphatic heterocycles. The number of phosphoric acid groups is 1. The number of nitrogens with zero attached hydrogens (tertiary/aromatic N) is 1. The molecule has 2 atom stereocenters. The Morgan fingerprint density at radius 3 is 1.12 bits per heavy atom. The predicted molar refractivity (Wildman–Crippen MR) is 325 cm³/mol. The maximum atomic E-state index is 12.8. The number of quaternary nitrogens is 1. The monoisotopic (exact) mass is 1080 g/mol. The summed E-state index contributed by atoms with van der Waals surface area (Å²) in [6.45, 7) is 4.32. The fourth-order valence-corrected chi connectivity index (χ4v) is 9.34. The summed E-state index contributed by atoms with van der Waals surface area (Å²) < 4.78 is 34.6. The summed E-state index contributed by atoms with van der Waals surface area (Å²) in [6.07, 6.45) is 76.6. The van der Waals surface area contributed by atoms with Gasteiger partial charge in [-0.25, -0.2) is 4.57 Å². The topological polar surface area (TPSA) is 108 Å². The smallest absolute Gasteiger partial charge is 0.462 e. The van der Waals surface area contributed by atoms with Gasteiger partial charge in [0, 0.05) is 12.8 Å². The van der Waals surface area contributed by atoms with Crippen molar-refractivity contribution in [2.75, 3.05) is 47.5 Å². The lowest BCUT2D eigenvalue weighted by Gasteiger charge is -2.24. The number of hydrogen-bond donors (Lipinski definition) is 1. The number of carbonyl (C=O) groups excluding carboxylic acids is 2. The van der Waals surface area contributed by atoms with Crippen molar-refractivity contribution in [3.8, 4) is 0 Å². The van der Waals surface area contributed by atoms with Gasteiger partial charge in [0.25, 0.3) is 0 Å². The maximum absolute atomic E-state index is 12.8. The molecule has 440 valence electrons. The molecule has 1 N–H and O–H groups in total. The first kappa shape index (κ1) is 73.2. The third-order valence-electron chi connectivity index (χ3n) is 13.4. The molecule has 0 aromatic carbocycles. The van der Waals surface area contributed by atoms with Crippen molar-refractivity contribution < 1.29 is 42.1 Å². The summed E-state index contributed by atoms with van der Waals surface area (Å²) in [4.78, 5) is 35.8. The average Bonchev–Trinajstić information content (AvgIpc) is 3.38. The van der Waals surface area contributed by atoms with Gasteiger partial charge in [0.1, 0.15) is 19.8 Å². The van der Waals surface area contributed by atoms with E-state index in [0.29, 0.717) is 17.4 Å². The molecule has 9 nitrogen and oxygen atoms in total. The second-order valence-corrected chi connectivity index (χ2v) is 23.5. The van der Waals surface area contributed by atoms with Crippen molar-refractivity contribution in [2.45, 2.75) is 277 Å². The molecule has 10 heteroatoms. The average molecular weight is 1090 g/mol. The number of esters is 2. The van der Waals surface area contributed by atoms with E-state index in [1.54, 1.807) is 0 Å². The van der Waals surface area contributed by atoms with Gasteiger partial charge in [-0.2, -0.15) is 0 Å². The molecule has 0 aromatic rings. The summed E-state index contributed by atoms with van der Waals surface area (Å²) in [5.41, 5.74) is 0. The van der Waals surface area contributed by atoms with Crippen LogP contribution < -0.4 is 0 Å². The zero-order valence-corrected chi connectivity index (χ0v) is 50.9. The van der Waals surface area contributed by atoms with Crippen LogP contribution in [0.4, 0.5) is 0 Å². The first-order valence-electron chi connectivity index (χ1n) is 31.3. The summed E-state index contributed by atoms with van der Waals surface area (Å²) in [6, 6.07) is 0. The Morgan fingerprint density at radius 2 is 0.750 bits per heavy atom. The van der Waals surface area contributed by atoms with Crippen LogP contribution in [-0.2, 0) is 32.7 Å². The van der Waals surface area contributed by atoms with Crippen LogP contribution in [0.15, 0.2) is 85.1 Å². The van der Waals surface area contributed by atoms with Gasteiger partial charge in [0.2, 0.25) is 0 Å². The van der Waals surface area contributed by atoms with E-state index in [-0.39, 0.29) is 32.0 Å². The van der Waals surface area contributed by atoms with Gasteiger partial charge in [-0.3, -0.25) is 18.6 Å². The van der Waals surface area contributed by atoms with Crippen LogP contribution in [0.2, 0.25) is 0 Å². The molecule has 76 heavy (non-hydrogen) atoms. The number of hydrogen-bond acceptors (Lipinski definition) is 7. The summed E-state index contributed by atoms with van der Waals surface area (Å²) >= 11 is 0. The van der Waals surface area contributed by atoms with E-state index in [4.69, 9.17) is 18.5 Å². The molecule has 0 saturated heterocycles. The van der Waals surface area contributed by atoms with Crippen LogP contribution in [-0.4, -0.2) is 74.9 Å². The molecule has 0 spiro atoms. The normalized spacial score (nSPS) is 13.8. The zero-order valence-electron chi connectivity index (χ0n) is 50.0. The highest BCUT2D eigenvalue weighted by Gasteiger charge is 2.27. The van der Waals surface area contributed by atoms with Crippen molar-refractivity contribution in [1.82, 2.24) is 0 Å². The lowest BCUT2D eigenvalue weighted by molar-refractivity contribution is -0.870. The van der Waals surface area contributed by atoms with Gasteiger partial charge in [-0.05, 0) is 89.9 Å². The second-order valence-electron chi connectivity index (χ2n) is 22.1. The molecule has 0 amide bonds. The number of unbranched alkanes of at least 4 members (excludes halogenated alkanes) is 29. The fraction of sp³-hybridized carbons (Fsp3) is 0.758. The van der Waals surface area contributed by atoms with Gasteiger partial charge in [0.05, 0.1) is 27.7 Å². The number of ether oxygens (including phenoxy) is 2. The quantitative estimate of drug-likeness (QED) is 0.0211. The molecule has 0 fully saturated rings. The Hall–Kier alpha value is -2.81. The lowest BCUT2D eigenvalue weighted by Crippen LogP contribution is -2.37. The van der Waals surface area contributed by atoms with E-state index < -0.39 is 26.5 Å². The Morgan fingerprint density at radius 1 is 0.421 bits per heavy atom. The minimum absolute atomic E-state index is 0.0279. The van der Waals surface area contributed by atoms with Crippen molar-refractivity contribution in [3.63, 3.8) is 0 Å². The third-order valence-corrected chi connectivity index (χ3v) is 14.4. The van der Waals surface area contributed by atoms with Crippen molar-refractivity contribution >= 4 is 19.8 Å². The van der Waals surface area contributed by atoms with E-state index in [0.717, 1.165) is 83.5 Å². The van der Waals surface area contributed by atoms with Gasteiger partial charge < -0.3 is 18.9 Å².